The Balaban J connectivity index is 1.45. The molecular weight excluding hydrogens is 453 g/mol. The van der Waals surface area contributed by atoms with E-state index in [1.165, 1.54) is 22.9 Å². The largest absolute Gasteiger partial charge is 0.489 e. The zero-order chi connectivity index (χ0) is 23.5. The number of aryl methyl sites for hydroxylation is 1. The van der Waals surface area contributed by atoms with Crippen molar-refractivity contribution in [1.29, 1.82) is 0 Å². The number of hydrogen-bond acceptors (Lipinski definition) is 6. The molecule has 0 saturated carbocycles. The smallest absolute Gasteiger partial charge is 0.328 e. The summed E-state index contributed by atoms with van der Waals surface area (Å²) in [6.45, 7) is 5.41. The SMILES string of the molecule is Cc1nc2cc(OCC3=C[C@@H](n4ccc(=O)[nH]c4=O)[C@@H]4OC(C)(C)O[C@H]34)cc(F)c2cc1Cl. The first-order chi connectivity index (χ1) is 15.6. The van der Waals surface area contributed by atoms with Crippen LogP contribution in [0.15, 0.2) is 51.7 Å². The van der Waals surface area contributed by atoms with Gasteiger partial charge in [0.15, 0.2) is 5.79 Å². The minimum absolute atomic E-state index is 0.0900. The van der Waals surface area contributed by atoms with Crippen LogP contribution in [-0.2, 0) is 9.47 Å². The van der Waals surface area contributed by atoms with Crippen molar-refractivity contribution in [3.05, 3.63) is 79.5 Å². The van der Waals surface area contributed by atoms with Crippen LogP contribution >= 0.6 is 11.6 Å². The number of aromatic nitrogens is 3. The van der Waals surface area contributed by atoms with Gasteiger partial charge in [-0.15, -0.1) is 0 Å². The van der Waals surface area contributed by atoms with Crippen LogP contribution < -0.4 is 16.0 Å². The molecule has 0 unspecified atom stereocenters. The molecule has 1 aliphatic carbocycles. The number of H-pyrrole nitrogens is 1. The molecule has 0 amide bonds. The molecule has 1 aromatic carbocycles. The van der Waals surface area contributed by atoms with E-state index in [0.717, 1.165) is 5.57 Å². The Kier molecular flexibility index (Phi) is 5.15. The molecule has 0 bridgehead atoms. The Labute approximate surface area is 192 Å². The van der Waals surface area contributed by atoms with Gasteiger partial charge in [0.05, 0.1) is 22.3 Å². The normalized spacial score (nSPS) is 23.5. The summed E-state index contributed by atoms with van der Waals surface area (Å²) in [6.07, 6.45) is 2.30. The summed E-state index contributed by atoms with van der Waals surface area (Å²) in [5.74, 6) is -1.06. The Morgan fingerprint density at radius 2 is 2.06 bits per heavy atom. The fourth-order valence-electron chi connectivity index (χ4n) is 4.30. The molecule has 33 heavy (non-hydrogen) atoms. The van der Waals surface area contributed by atoms with Gasteiger partial charge in [0.1, 0.15) is 30.4 Å². The number of hydrogen-bond donors (Lipinski definition) is 1. The second-order valence-electron chi connectivity index (χ2n) is 8.59. The molecule has 1 saturated heterocycles. The molecule has 2 aromatic heterocycles. The highest BCUT2D eigenvalue weighted by Gasteiger charge is 2.50. The topological polar surface area (TPSA) is 95.4 Å². The zero-order valence-corrected chi connectivity index (χ0v) is 18.9. The summed E-state index contributed by atoms with van der Waals surface area (Å²) >= 11 is 6.07. The zero-order valence-electron chi connectivity index (χ0n) is 18.1. The number of fused-ring (bicyclic) bond motifs is 2. The molecule has 1 fully saturated rings. The Hall–Kier alpha value is -3.01. The van der Waals surface area contributed by atoms with Crippen LogP contribution in [0.3, 0.4) is 0 Å². The molecule has 172 valence electrons. The summed E-state index contributed by atoms with van der Waals surface area (Å²) in [7, 11) is 0. The van der Waals surface area contributed by atoms with Crippen LogP contribution in [0.1, 0.15) is 25.6 Å². The van der Waals surface area contributed by atoms with E-state index in [1.807, 2.05) is 6.08 Å². The van der Waals surface area contributed by atoms with Gasteiger partial charge in [0, 0.05) is 29.8 Å². The van der Waals surface area contributed by atoms with Crippen molar-refractivity contribution in [2.24, 2.45) is 0 Å². The fraction of sp³-hybridized carbons (Fsp3) is 0.348. The first-order valence-electron chi connectivity index (χ1n) is 10.4. The molecule has 10 heteroatoms. The third-order valence-electron chi connectivity index (χ3n) is 5.78. The molecule has 5 rings (SSSR count). The number of benzene rings is 1. The number of rotatable bonds is 4. The first kappa shape index (κ1) is 21.8. The predicted molar refractivity (Wildman–Crippen MR) is 119 cm³/mol. The molecule has 0 spiro atoms. The van der Waals surface area contributed by atoms with E-state index in [9.17, 15) is 14.0 Å². The highest BCUT2D eigenvalue weighted by molar-refractivity contribution is 6.31. The summed E-state index contributed by atoms with van der Waals surface area (Å²) in [5, 5.41) is 0.701. The van der Waals surface area contributed by atoms with Crippen LogP contribution in [0, 0.1) is 12.7 Å². The average molecular weight is 474 g/mol. The Morgan fingerprint density at radius 1 is 1.27 bits per heavy atom. The van der Waals surface area contributed by atoms with Gasteiger partial charge in [-0.3, -0.25) is 19.3 Å². The van der Waals surface area contributed by atoms with E-state index in [1.54, 1.807) is 32.9 Å². The van der Waals surface area contributed by atoms with E-state index in [4.69, 9.17) is 25.8 Å². The van der Waals surface area contributed by atoms with Gasteiger partial charge < -0.3 is 14.2 Å². The molecule has 2 aliphatic rings. The second-order valence-corrected chi connectivity index (χ2v) is 8.99. The van der Waals surface area contributed by atoms with Crippen LogP contribution in [0.25, 0.3) is 10.9 Å². The third-order valence-corrected chi connectivity index (χ3v) is 6.16. The molecule has 8 nitrogen and oxygen atoms in total. The molecule has 3 heterocycles. The van der Waals surface area contributed by atoms with Gasteiger partial charge in [-0.05, 0) is 32.4 Å². The monoisotopic (exact) mass is 473 g/mol. The maximum Gasteiger partial charge on any atom is 0.328 e. The quantitative estimate of drug-likeness (QED) is 0.584. The minimum atomic E-state index is -0.866. The average Bonchev–Trinajstić information content (AvgIpc) is 3.21. The number of nitrogens with zero attached hydrogens (tertiary/aromatic N) is 2. The van der Waals surface area contributed by atoms with Crippen LogP contribution in [0.4, 0.5) is 4.39 Å². The van der Waals surface area contributed by atoms with E-state index >= 15 is 0 Å². The van der Waals surface area contributed by atoms with Crippen molar-refractivity contribution in [2.75, 3.05) is 6.61 Å². The fourth-order valence-corrected chi connectivity index (χ4v) is 4.45. The first-order valence-corrected chi connectivity index (χ1v) is 10.8. The summed E-state index contributed by atoms with van der Waals surface area (Å²) in [4.78, 5) is 30.4. The van der Waals surface area contributed by atoms with Crippen LogP contribution in [-0.4, -0.2) is 39.1 Å². The number of halogens is 2. The van der Waals surface area contributed by atoms with Gasteiger partial charge in [0.25, 0.3) is 5.56 Å². The Morgan fingerprint density at radius 3 is 2.82 bits per heavy atom. The molecular formula is C23H21ClFN3O5. The van der Waals surface area contributed by atoms with Crippen LogP contribution in [0.5, 0.6) is 5.75 Å². The second kappa shape index (κ2) is 7.79. The van der Waals surface area contributed by atoms with Gasteiger partial charge in [-0.2, -0.15) is 0 Å². The standard InChI is InChI=1S/C23H21ClFN3O5/c1-11-15(24)9-14-16(25)7-13(8-17(14)26-11)31-10-12-6-18(21-20(12)32-23(2,3)33-21)28-5-4-19(29)27-22(28)30/h4-9,18,20-21H,10H2,1-3H3,(H,27,29,30)/t18-,20-,21+/m1/s1. The van der Waals surface area contributed by atoms with Crippen molar-refractivity contribution >= 4 is 22.5 Å². The van der Waals surface area contributed by atoms with Crippen molar-refractivity contribution < 1.29 is 18.6 Å². The van der Waals surface area contributed by atoms with Crippen molar-refractivity contribution in [3.63, 3.8) is 0 Å². The predicted octanol–water partition coefficient (Wildman–Crippen LogP) is 3.27. The molecule has 1 N–H and O–H groups in total. The van der Waals surface area contributed by atoms with E-state index in [0.29, 0.717) is 27.4 Å². The highest BCUT2D eigenvalue weighted by Crippen LogP contribution is 2.43. The number of nitrogens with one attached hydrogen (secondary N) is 1. The van der Waals surface area contributed by atoms with Crippen LogP contribution in [0.2, 0.25) is 5.02 Å². The van der Waals surface area contributed by atoms with E-state index < -0.39 is 41.1 Å². The maximum absolute atomic E-state index is 14.6. The minimum Gasteiger partial charge on any atom is -0.489 e. The van der Waals surface area contributed by atoms with E-state index in [2.05, 4.69) is 9.97 Å². The maximum atomic E-state index is 14.6. The Bertz CT molecular complexity index is 1410. The lowest BCUT2D eigenvalue weighted by Crippen LogP contribution is -2.37. The van der Waals surface area contributed by atoms with Crippen molar-refractivity contribution in [1.82, 2.24) is 14.5 Å². The molecule has 3 aromatic rings. The highest BCUT2D eigenvalue weighted by atomic mass is 35.5. The lowest BCUT2D eigenvalue weighted by Gasteiger charge is -2.21. The molecule has 3 atom stereocenters. The van der Waals surface area contributed by atoms with Gasteiger partial charge in [-0.1, -0.05) is 17.7 Å². The molecule has 1 aliphatic heterocycles. The number of ether oxygens (including phenoxy) is 3. The van der Waals surface area contributed by atoms with E-state index in [-0.39, 0.29) is 6.61 Å². The summed E-state index contributed by atoms with van der Waals surface area (Å²) in [5.41, 5.74) is 0.745. The lowest BCUT2D eigenvalue weighted by molar-refractivity contribution is -0.148. The van der Waals surface area contributed by atoms with Crippen molar-refractivity contribution in [3.8, 4) is 5.75 Å². The van der Waals surface area contributed by atoms with Crippen molar-refractivity contribution in [2.45, 2.75) is 44.8 Å². The van der Waals surface area contributed by atoms with Gasteiger partial charge in [0.2, 0.25) is 0 Å². The number of aromatic amines is 1. The van der Waals surface area contributed by atoms with Gasteiger partial charge >= 0.3 is 5.69 Å². The lowest BCUT2D eigenvalue weighted by atomic mass is 10.1. The number of pyridine rings is 1. The third kappa shape index (κ3) is 3.96. The summed E-state index contributed by atoms with van der Waals surface area (Å²) < 4.78 is 34.0. The summed E-state index contributed by atoms with van der Waals surface area (Å²) in [6, 6.07) is 5.25. The molecule has 0 radical (unpaired) electrons. The van der Waals surface area contributed by atoms with Gasteiger partial charge in [-0.25, -0.2) is 9.18 Å².